The van der Waals surface area contributed by atoms with Crippen molar-refractivity contribution in [1.82, 2.24) is 4.90 Å². The summed E-state index contributed by atoms with van der Waals surface area (Å²) in [5.41, 5.74) is 0. The standard InChI is InChI=1S/C56H105NO6/c1-5-8-11-14-16-17-18-19-20-21-22-24-33-43-54(58)61-48-35-27-25-29-38-51(40-34-37-50-63-56(60)53-44-46-57(4)47-45-53)39-30-26-28-36-49-62-55(59)52(41-31-13-10-7-3)42-32-23-15-12-9-6-2/h17-18,51-53H,5-16,19-50H2,1-4H3/b18-17-. The van der Waals surface area contributed by atoms with Crippen molar-refractivity contribution in [2.75, 3.05) is 40.0 Å². The van der Waals surface area contributed by atoms with Crippen molar-refractivity contribution < 1.29 is 28.6 Å². The lowest BCUT2D eigenvalue weighted by molar-refractivity contribution is -0.150. The molecule has 0 N–H and O–H groups in total. The van der Waals surface area contributed by atoms with E-state index in [9.17, 15) is 14.4 Å². The molecule has 0 aliphatic carbocycles. The summed E-state index contributed by atoms with van der Waals surface area (Å²) in [5, 5.41) is 0. The summed E-state index contributed by atoms with van der Waals surface area (Å²) in [4.78, 5) is 40.3. The van der Waals surface area contributed by atoms with E-state index in [1.54, 1.807) is 0 Å². The van der Waals surface area contributed by atoms with Crippen molar-refractivity contribution in [2.24, 2.45) is 17.8 Å². The zero-order chi connectivity index (χ0) is 45.7. The second-order valence-corrected chi connectivity index (χ2v) is 19.6. The van der Waals surface area contributed by atoms with Gasteiger partial charge in [0, 0.05) is 6.42 Å². The number of hydrogen-bond donors (Lipinski definition) is 0. The van der Waals surface area contributed by atoms with Gasteiger partial charge in [-0.3, -0.25) is 14.4 Å². The molecule has 0 aromatic rings. The zero-order valence-corrected chi connectivity index (χ0v) is 42.4. The third-order valence-corrected chi connectivity index (χ3v) is 13.6. The van der Waals surface area contributed by atoms with E-state index in [-0.39, 0.29) is 29.7 Å². The second kappa shape index (κ2) is 45.3. The topological polar surface area (TPSA) is 82.1 Å². The van der Waals surface area contributed by atoms with Gasteiger partial charge in [0.05, 0.1) is 31.7 Å². The monoisotopic (exact) mass is 888 g/mol. The first-order valence-electron chi connectivity index (χ1n) is 27.7. The van der Waals surface area contributed by atoms with Crippen molar-refractivity contribution in [3.8, 4) is 0 Å². The van der Waals surface area contributed by atoms with Crippen LogP contribution < -0.4 is 0 Å². The smallest absolute Gasteiger partial charge is 0.309 e. The van der Waals surface area contributed by atoms with Gasteiger partial charge < -0.3 is 19.1 Å². The first-order chi connectivity index (χ1) is 30.9. The fraction of sp³-hybridized carbons (Fsp3) is 0.911. The first-order valence-corrected chi connectivity index (χ1v) is 27.7. The minimum atomic E-state index is -0.0262. The third kappa shape index (κ3) is 38.0. The van der Waals surface area contributed by atoms with E-state index < -0.39 is 0 Å². The number of rotatable bonds is 46. The van der Waals surface area contributed by atoms with Crippen LogP contribution in [0.4, 0.5) is 0 Å². The van der Waals surface area contributed by atoms with Crippen LogP contribution in [0.3, 0.4) is 0 Å². The third-order valence-electron chi connectivity index (χ3n) is 13.6. The van der Waals surface area contributed by atoms with Crippen molar-refractivity contribution >= 4 is 17.9 Å². The number of carbonyl (C=O) groups excluding carboxylic acids is 3. The van der Waals surface area contributed by atoms with E-state index in [4.69, 9.17) is 14.2 Å². The molecule has 0 aromatic heterocycles. The molecular weight excluding hydrogens is 783 g/mol. The molecular formula is C56H105NO6. The van der Waals surface area contributed by atoms with Crippen LogP contribution in [0.25, 0.3) is 0 Å². The molecule has 7 nitrogen and oxygen atoms in total. The van der Waals surface area contributed by atoms with Gasteiger partial charge in [0.1, 0.15) is 0 Å². The average Bonchev–Trinajstić information content (AvgIpc) is 3.28. The molecule has 63 heavy (non-hydrogen) atoms. The minimum absolute atomic E-state index is 0.00828. The first kappa shape index (κ1) is 59.1. The molecule has 1 fully saturated rings. The predicted molar refractivity (Wildman–Crippen MR) is 267 cm³/mol. The Morgan fingerprint density at radius 2 is 0.873 bits per heavy atom. The highest BCUT2D eigenvalue weighted by molar-refractivity contribution is 5.72. The molecule has 2 atom stereocenters. The Morgan fingerprint density at radius 3 is 1.44 bits per heavy atom. The van der Waals surface area contributed by atoms with Gasteiger partial charge in [0.15, 0.2) is 0 Å². The van der Waals surface area contributed by atoms with Gasteiger partial charge in [0.2, 0.25) is 0 Å². The Kier molecular flexibility index (Phi) is 42.5. The summed E-state index contributed by atoms with van der Waals surface area (Å²) in [6.07, 6.45) is 49.7. The Labute approximate surface area is 391 Å². The van der Waals surface area contributed by atoms with Gasteiger partial charge in [-0.2, -0.15) is 0 Å². The Bertz CT molecular complexity index is 1050. The molecule has 0 saturated carbocycles. The number of unbranched alkanes of at least 4 members (excludes halogenated alkanes) is 24. The lowest BCUT2D eigenvalue weighted by atomic mass is 9.90. The van der Waals surface area contributed by atoms with E-state index in [2.05, 4.69) is 44.9 Å². The van der Waals surface area contributed by atoms with Crippen molar-refractivity contribution in [3.63, 3.8) is 0 Å². The van der Waals surface area contributed by atoms with Crippen molar-refractivity contribution in [3.05, 3.63) is 12.2 Å². The van der Waals surface area contributed by atoms with Crippen molar-refractivity contribution in [2.45, 2.75) is 271 Å². The molecule has 0 amide bonds. The number of nitrogens with zero attached hydrogens (tertiary/aromatic N) is 1. The highest BCUT2D eigenvalue weighted by Gasteiger charge is 2.24. The molecule has 0 spiro atoms. The van der Waals surface area contributed by atoms with E-state index in [1.807, 2.05) is 0 Å². The van der Waals surface area contributed by atoms with Gasteiger partial charge in [-0.05, 0) is 110 Å². The van der Waals surface area contributed by atoms with Crippen LogP contribution >= 0.6 is 0 Å². The summed E-state index contributed by atoms with van der Waals surface area (Å²) in [7, 11) is 2.12. The predicted octanol–water partition coefficient (Wildman–Crippen LogP) is 16.2. The number of ether oxygens (including phenoxy) is 3. The average molecular weight is 888 g/mol. The number of piperidine rings is 1. The number of likely N-dealkylation sites (tertiary alicyclic amines) is 1. The number of esters is 3. The molecule has 7 heteroatoms. The minimum Gasteiger partial charge on any atom is -0.466 e. The van der Waals surface area contributed by atoms with Crippen LogP contribution in [0.15, 0.2) is 12.2 Å². The molecule has 0 bridgehead atoms. The van der Waals surface area contributed by atoms with Crippen LogP contribution in [0.2, 0.25) is 0 Å². The summed E-state index contributed by atoms with van der Waals surface area (Å²) in [6, 6.07) is 0. The molecule has 1 heterocycles. The van der Waals surface area contributed by atoms with Crippen molar-refractivity contribution in [1.29, 1.82) is 0 Å². The van der Waals surface area contributed by atoms with Gasteiger partial charge in [-0.1, -0.05) is 193 Å². The second-order valence-electron chi connectivity index (χ2n) is 19.6. The lowest BCUT2D eigenvalue weighted by Gasteiger charge is -2.27. The van der Waals surface area contributed by atoms with E-state index in [0.717, 1.165) is 103 Å². The summed E-state index contributed by atoms with van der Waals surface area (Å²) < 4.78 is 17.2. The van der Waals surface area contributed by atoms with Gasteiger partial charge >= 0.3 is 17.9 Å². The number of carbonyl (C=O) groups is 3. The molecule has 370 valence electrons. The van der Waals surface area contributed by atoms with Crippen LogP contribution in [0.5, 0.6) is 0 Å². The molecule has 0 aromatic carbocycles. The molecule has 1 rings (SSSR count). The molecule has 1 aliphatic rings. The maximum absolute atomic E-state index is 13.1. The normalized spacial score (nSPS) is 14.6. The molecule has 1 aliphatic heterocycles. The maximum Gasteiger partial charge on any atom is 0.309 e. The summed E-state index contributed by atoms with van der Waals surface area (Å²) in [6.45, 7) is 10.4. The summed E-state index contributed by atoms with van der Waals surface area (Å²) >= 11 is 0. The fourth-order valence-corrected chi connectivity index (χ4v) is 9.18. The molecule has 0 radical (unpaired) electrons. The lowest BCUT2D eigenvalue weighted by Crippen LogP contribution is -2.34. The van der Waals surface area contributed by atoms with Gasteiger partial charge in [-0.15, -0.1) is 0 Å². The van der Waals surface area contributed by atoms with Gasteiger partial charge in [-0.25, -0.2) is 0 Å². The SMILES string of the molecule is CCCCCC/C=C\CCCCCCCC(=O)OCCCCCCC(CCCCCCOC(=O)C(CCCCCC)CCCCCCCC)CCCCOC(=O)C1CCN(C)CC1. The fourth-order valence-electron chi connectivity index (χ4n) is 9.18. The summed E-state index contributed by atoms with van der Waals surface area (Å²) in [5.74, 6) is 0.885. The molecule has 2 unspecified atom stereocenters. The highest BCUT2D eigenvalue weighted by Crippen LogP contribution is 2.25. The van der Waals surface area contributed by atoms with E-state index in [1.165, 1.54) is 154 Å². The van der Waals surface area contributed by atoms with Crippen LogP contribution in [-0.2, 0) is 28.6 Å². The maximum atomic E-state index is 13.1. The number of allylic oxidation sites excluding steroid dienone is 2. The Morgan fingerprint density at radius 1 is 0.476 bits per heavy atom. The largest absolute Gasteiger partial charge is 0.466 e. The van der Waals surface area contributed by atoms with Gasteiger partial charge in [0.25, 0.3) is 0 Å². The Hall–Kier alpha value is -1.89. The molecule has 1 saturated heterocycles. The Balaban J connectivity index is 2.31. The number of hydrogen-bond acceptors (Lipinski definition) is 7. The van der Waals surface area contributed by atoms with E-state index >= 15 is 0 Å². The van der Waals surface area contributed by atoms with Crippen LogP contribution in [-0.4, -0.2) is 62.8 Å². The quantitative estimate of drug-likeness (QED) is 0.0261. The van der Waals surface area contributed by atoms with Crippen LogP contribution in [0, 0.1) is 17.8 Å². The highest BCUT2D eigenvalue weighted by atomic mass is 16.5. The van der Waals surface area contributed by atoms with E-state index in [0.29, 0.717) is 32.2 Å². The van der Waals surface area contributed by atoms with Crippen LogP contribution in [0.1, 0.15) is 271 Å². The zero-order valence-electron chi connectivity index (χ0n) is 42.4.